The molecular formula is C11H15N3OS. The van der Waals surface area contributed by atoms with Crippen molar-refractivity contribution in [3.63, 3.8) is 0 Å². The zero-order valence-corrected chi connectivity index (χ0v) is 10.3. The molecule has 0 aliphatic carbocycles. The van der Waals surface area contributed by atoms with Crippen molar-refractivity contribution in [3.05, 3.63) is 22.2 Å². The summed E-state index contributed by atoms with van der Waals surface area (Å²) >= 11 is 1.66. The van der Waals surface area contributed by atoms with Gasteiger partial charge >= 0.3 is 0 Å². The Labute approximate surface area is 98.7 Å². The smallest absolute Gasteiger partial charge is 0.228 e. The van der Waals surface area contributed by atoms with E-state index in [2.05, 4.69) is 34.7 Å². The fourth-order valence-electron chi connectivity index (χ4n) is 1.43. The molecule has 1 N–H and O–H groups in total. The van der Waals surface area contributed by atoms with Gasteiger partial charge in [-0.05, 0) is 24.4 Å². The van der Waals surface area contributed by atoms with Crippen molar-refractivity contribution in [1.29, 1.82) is 0 Å². The van der Waals surface area contributed by atoms with Crippen LogP contribution < -0.4 is 5.32 Å². The molecule has 0 saturated carbocycles. The largest absolute Gasteiger partial charge is 0.339 e. The molecule has 5 heteroatoms. The molecule has 2 aromatic rings. The molecule has 2 aromatic heterocycles. The van der Waals surface area contributed by atoms with E-state index in [0.717, 1.165) is 25.1 Å². The molecule has 0 aromatic carbocycles. The Bertz CT molecular complexity index is 450. The van der Waals surface area contributed by atoms with Gasteiger partial charge in [0.2, 0.25) is 11.7 Å². The van der Waals surface area contributed by atoms with Crippen molar-refractivity contribution in [1.82, 2.24) is 15.5 Å². The summed E-state index contributed by atoms with van der Waals surface area (Å²) in [6.45, 7) is 5.97. The monoisotopic (exact) mass is 237 g/mol. The van der Waals surface area contributed by atoms with Crippen LogP contribution in [0.5, 0.6) is 0 Å². The van der Waals surface area contributed by atoms with Crippen molar-refractivity contribution < 1.29 is 4.52 Å². The molecule has 2 rings (SSSR count). The summed E-state index contributed by atoms with van der Waals surface area (Å²) in [6.07, 6.45) is 0.782. The third-order valence-electron chi connectivity index (χ3n) is 2.33. The highest BCUT2D eigenvalue weighted by Crippen LogP contribution is 2.23. The lowest BCUT2D eigenvalue weighted by atomic mass is 10.2. The van der Waals surface area contributed by atoms with Gasteiger partial charge in [0.25, 0.3) is 0 Å². The molecule has 0 amide bonds. The first-order chi connectivity index (χ1) is 7.81. The molecule has 0 unspecified atom stereocenters. The summed E-state index contributed by atoms with van der Waals surface area (Å²) in [5.74, 6) is 1.40. The van der Waals surface area contributed by atoms with Gasteiger partial charge in [0.05, 0.1) is 0 Å². The predicted molar refractivity (Wildman–Crippen MR) is 64.6 cm³/mol. The SMILES string of the molecule is CCNCCc1nc(-c2cscc2C)no1. The molecule has 0 saturated heterocycles. The number of thiophene rings is 1. The highest BCUT2D eigenvalue weighted by molar-refractivity contribution is 7.08. The second-order valence-corrected chi connectivity index (χ2v) is 4.33. The van der Waals surface area contributed by atoms with Gasteiger partial charge < -0.3 is 9.84 Å². The van der Waals surface area contributed by atoms with Crippen LogP contribution in [-0.4, -0.2) is 23.2 Å². The lowest BCUT2D eigenvalue weighted by molar-refractivity contribution is 0.377. The van der Waals surface area contributed by atoms with E-state index < -0.39 is 0 Å². The maximum atomic E-state index is 5.19. The van der Waals surface area contributed by atoms with Crippen molar-refractivity contribution in [2.45, 2.75) is 20.3 Å². The number of rotatable bonds is 5. The minimum absolute atomic E-state index is 0.696. The van der Waals surface area contributed by atoms with Gasteiger partial charge in [-0.15, -0.1) is 0 Å². The second-order valence-electron chi connectivity index (χ2n) is 3.58. The predicted octanol–water partition coefficient (Wildman–Crippen LogP) is 2.26. The van der Waals surface area contributed by atoms with Gasteiger partial charge in [0.15, 0.2) is 0 Å². The number of nitrogens with zero attached hydrogens (tertiary/aromatic N) is 2. The third-order valence-corrected chi connectivity index (χ3v) is 3.19. The molecular weight excluding hydrogens is 222 g/mol. The second kappa shape index (κ2) is 5.23. The van der Waals surface area contributed by atoms with Crippen LogP contribution in [0.2, 0.25) is 0 Å². The van der Waals surface area contributed by atoms with Crippen molar-refractivity contribution >= 4 is 11.3 Å². The van der Waals surface area contributed by atoms with Crippen LogP contribution in [0.25, 0.3) is 11.4 Å². The average molecular weight is 237 g/mol. The van der Waals surface area contributed by atoms with E-state index in [9.17, 15) is 0 Å². The molecule has 0 atom stereocenters. The first-order valence-electron chi connectivity index (χ1n) is 5.37. The zero-order valence-electron chi connectivity index (χ0n) is 9.49. The van der Waals surface area contributed by atoms with Crippen LogP contribution in [0.15, 0.2) is 15.3 Å². The first kappa shape index (κ1) is 11.3. The van der Waals surface area contributed by atoms with Crippen LogP contribution in [0.4, 0.5) is 0 Å². The molecule has 0 aliphatic heterocycles. The van der Waals surface area contributed by atoms with Crippen LogP contribution in [0.3, 0.4) is 0 Å². The quantitative estimate of drug-likeness (QED) is 0.810. The topological polar surface area (TPSA) is 51.0 Å². The Hall–Kier alpha value is -1.20. The summed E-state index contributed by atoms with van der Waals surface area (Å²) in [7, 11) is 0. The van der Waals surface area contributed by atoms with Crippen molar-refractivity contribution in [3.8, 4) is 11.4 Å². The maximum Gasteiger partial charge on any atom is 0.228 e. The van der Waals surface area contributed by atoms with Gasteiger partial charge in [-0.1, -0.05) is 12.1 Å². The number of nitrogens with one attached hydrogen (secondary N) is 1. The van der Waals surface area contributed by atoms with Gasteiger partial charge in [-0.25, -0.2) is 0 Å². The highest BCUT2D eigenvalue weighted by atomic mass is 32.1. The Morgan fingerprint density at radius 3 is 3.00 bits per heavy atom. The van der Waals surface area contributed by atoms with Crippen molar-refractivity contribution in [2.75, 3.05) is 13.1 Å². The van der Waals surface area contributed by atoms with E-state index in [1.165, 1.54) is 5.56 Å². The summed E-state index contributed by atoms with van der Waals surface area (Å²) in [4.78, 5) is 4.37. The Morgan fingerprint density at radius 1 is 1.44 bits per heavy atom. The van der Waals surface area contributed by atoms with E-state index in [-0.39, 0.29) is 0 Å². The minimum atomic E-state index is 0.696. The Morgan fingerprint density at radius 2 is 2.31 bits per heavy atom. The zero-order chi connectivity index (χ0) is 11.4. The van der Waals surface area contributed by atoms with Gasteiger partial charge in [-0.3, -0.25) is 0 Å². The summed E-state index contributed by atoms with van der Waals surface area (Å²) < 4.78 is 5.19. The standard InChI is InChI=1S/C11H15N3OS/c1-3-12-5-4-10-13-11(14-15-10)9-7-16-6-8(9)2/h6-7,12H,3-5H2,1-2H3. The van der Waals surface area contributed by atoms with E-state index in [1.54, 1.807) is 11.3 Å². The molecule has 4 nitrogen and oxygen atoms in total. The minimum Gasteiger partial charge on any atom is -0.339 e. The van der Waals surface area contributed by atoms with Gasteiger partial charge in [0, 0.05) is 23.9 Å². The summed E-state index contributed by atoms with van der Waals surface area (Å²) in [5.41, 5.74) is 2.27. The normalized spacial score (nSPS) is 10.9. The average Bonchev–Trinajstić information content (AvgIpc) is 2.87. The van der Waals surface area contributed by atoms with Gasteiger partial charge in [0.1, 0.15) is 0 Å². The molecule has 0 fully saturated rings. The number of aromatic nitrogens is 2. The molecule has 0 spiro atoms. The number of likely N-dealkylation sites (N-methyl/N-ethyl adjacent to an activating group) is 1. The van der Waals surface area contributed by atoms with Crippen LogP contribution in [0.1, 0.15) is 18.4 Å². The lowest BCUT2D eigenvalue weighted by Crippen LogP contribution is -2.16. The fourth-order valence-corrected chi connectivity index (χ4v) is 2.25. The van der Waals surface area contributed by atoms with Crippen molar-refractivity contribution in [2.24, 2.45) is 0 Å². The highest BCUT2D eigenvalue weighted by Gasteiger charge is 2.10. The third kappa shape index (κ3) is 2.48. The van der Waals surface area contributed by atoms with Crippen LogP contribution in [-0.2, 0) is 6.42 Å². The molecule has 2 heterocycles. The summed E-state index contributed by atoms with van der Waals surface area (Å²) in [5, 5.41) is 11.4. The number of aryl methyl sites for hydroxylation is 1. The lowest BCUT2D eigenvalue weighted by Gasteiger charge is -1.95. The molecule has 0 aliphatic rings. The van der Waals surface area contributed by atoms with Crippen LogP contribution in [0, 0.1) is 6.92 Å². The van der Waals surface area contributed by atoms with E-state index >= 15 is 0 Å². The molecule has 0 radical (unpaired) electrons. The van der Waals surface area contributed by atoms with E-state index in [1.807, 2.05) is 5.38 Å². The Kier molecular flexibility index (Phi) is 3.69. The van der Waals surface area contributed by atoms with Gasteiger partial charge in [-0.2, -0.15) is 16.3 Å². The molecule has 16 heavy (non-hydrogen) atoms. The Balaban J connectivity index is 2.05. The van der Waals surface area contributed by atoms with E-state index in [0.29, 0.717) is 11.7 Å². The van der Waals surface area contributed by atoms with E-state index in [4.69, 9.17) is 4.52 Å². The molecule has 0 bridgehead atoms. The fraction of sp³-hybridized carbons (Fsp3) is 0.455. The van der Waals surface area contributed by atoms with Crippen LogP contribution >= 0.6 is 11.3 Å². The first-order valence-corrected chi connectivity index (χ1v) is 6.32. The maximum absolute atomic E-state index is 5.19. The summed E-state index contributed by atoms with van der Waals surface area (Å²) in [6, 6.07) is 0. The number of hydrogen-bond acceptors (Lipinski definition) is 5. The molecule has 86 valence electrons. The number of hydrogen-bond donors (Lipinski definition) is 1.